The zero-order chi connectivity index (χ0) is 0. The van der Waals surface area contributed by atoms with Crippen LogP contribution < -0.4 is 0 Å². The first-order chi connectivity index (χ1) is 0. The molecule has 0 rings (SSSR count). The molecule has 0 amide bonds. The maximum atomic E-state index is 0. The van der Waals surface area contributed by atoms with Gasteiger partial charge in [0.15, 0.2) is 0 Å². The fourth-order valence-corrected chi connectivity index (χ4v) is 0. The average molecular weight is 206 g/mol. The van der Waals surface area contributed by atoms with Gasteiger partial charge in [0.05, 0.1) is 0 Å². The summed E-state index contributed by atoms with van der Waals surface area (Å²) in [5.74, 6) is 0. The SMILES string of the molecule is O.O.O.[Cr+3].[Cr+3].[O-2].[O-2].[O-2]. The molecule has 0 aromatic rings. The molecule has 8 heteroatoms. The van der Waals surface area contributed by atoms with Crippen molar-refractivity contribution in [1.82, 2.24) is 0 Å². The maximum absolute atomic E-state index is 0. The summed E-state index contributed by atoms with van der Waals surface area (Å²) in [6, 6.07) is 0. The summed E-state index contributed by atoms with van der Waals surface area (Å²) in [6.45, 7) is 0. The molecule has 0 spiro atoms. The molecule has 0 bridgehead atoms. The smallest absolute Gasteiger partial charge is 2.00 e. The molecule has 0 saturated carbocycles. The molecule has 0 aromatic heterocycles. The molecule has 6 N–H and O–H groups in total. The summed E-state index contributed by atoms with van der Waals surface area (Å²) >= 11 is 0. The number of hydrogen-bond acceptors (Lipinski definition) is 0. The van der Waals surface area contributed by atoms with Gasteiger partial charge in [-0.2, -0.15) is 0 Å². The van der Waals surface area contributed by atoms with E-state index in [2.05, 4.69) is 0 Å². The Morgan fingerprint density at radius 2 is 0.375 bits per heavy atom. The first-order valence-electron chi connectivity index (χ1n) is 0. The van der Waals surface area contributed by atoms with E-state index in [1.807, 2.05) is 0 Å². The third kappa shape index (κ3) is 340. The topological polar surface area (TPSA) is 180 Å². The van der Waals surface area contributed by atoms with Crippen LogP contribution in [0.1, 0.15) is 0 Å². The van der Waals surface area contributed by atoms with Crippen molar-refractivity contribution in [2.75, 3.05) is 0 Å². The fraction of sp³-hybridized carbons (Fsp3) is 0. The van der Waals surface area contributed by atoms with Gasteiger partial charge in [-0.3, -0.25) is 0 Å². The molecule has 2 radical (unpaired) electrons. The normalized spacial score (nSPS) is 0. The molecule has 8 heavy (non-hydrogen) atoms. The van der Waals surface area contributed by atoms with E-state index >= 15 is 0 Å². The molecule has 0 atom stereocenters. The van der Waals surface area contributed by atoms with Gasteiger partial charge in [0.1, 0.15) is 0 Å². The van der Waals surface area contributed by atoms with Crippen LogP contribution in [0.5, 0.6) is 0 Å². The van der Waals surface area contributed by atoms with Gasteiger partial charge in [0.2, 0.25) is 0 Å². The number of rotatable bonds is 0. The van der Waals surface area contributed by atoms with Crippen molar-refractivity contribution in [2.45, 2.75) is 0 Å². The van der Waals surface area contributed by atoms with Crippen molar-refractivity contribution in [1.29, 1.82) is 0 Å². The third-order valence-corrected chi connectivity index (χ3v) is 0. The molecule has 0 fully saturated rings. The van der Waals surface area contributed by atoms with Crippen molar-refractivity contribution in [3.05, 3.63) is 0 Å². The van der Waals surface area contributed by atoms with Crippen LogP contribution in [0.2, 0.25) is 0 Å². The molecular formula is H6Cr2O6. The van der Waals surface area contributed by atoms with Crippen molar-refractivity contribution in [3.63, 3.8) is 0 Å². The summed E-state index contributed by atoms with van der Waals surface area (Å²) in [5.41, 5.74) is 0. The maximum Gasteiger partial charge on any atom is 3.00 e. The Bertz CT molecular complexity index is 6.49. The van der Waals surface area contributed by atoms with Crippen LogP contribution in [0.4, 0.5) is 0 Å². The van der Waals surface area contributed by atoms with Gasteiger partial charge in [0.25, 0.3) is 0 Å². The quantitative estimate of drug-likeness (QED) is 0.396. The Balaban J connectivity index is 0. The molecule has 54 valence electrons. The summed E-state index contributed by atoms with van der Waals surface area (Å²) in [6.07, 6.45) is 0. The van der Waals surface area contributed by atoms with Gasteiger partial charge >= 0.3 is 34.7 Å². The summed E-state index contributed by atoms with van der Waals surface area (Å²) in [7, 11) is 0. The monoisotopic (exact) mass is 206 g/mol. The minimum atomic E-state index is 0. The standard InChI is InChI=1S/2Cr.3H2O.3O/h;;3*1H2;;;/q2*+3;;;;3*-2. The van der Waals surface area contributed by atoms with Crippen molar-refractivity contribution in [3.8, 4) is 0 Å². The molecule has 0 unspecified atom stereocenters. The molecule has 0 saturated heterocycles. The van der Waals surface area contributed by atoms with Crippen molar-refractivity contribution < 1.29 is 67.6 Å². The summed E-state index contributed by atoms with van der Waals surface area (Å²) < 4.78 is 0. The first kappa shape index (κ1) is 794. The summed E-state index contributed by atoms with van der Waals surface area (Å²) in [5, 5.41) is 0. The van der Waals surface area contributed by atoms with Gasteiger partial charge in [0, 0.05) is 0 Å². The van der Waals surface area contributed by atoms with Crippen LogP contribution in [-0.4, -0.2) is 16.4 Å². The number of hydrogen-bond donors (Lipinski definition) is 0. The van der Waals surface area contributed by atoms with E-state index < -0.39 is 0 Å². The van der Waals surface area contributed by atoms with Crippen LogP contribution >= 0.6 is 0 Å². The predicted octanol–water partition coefficient (Wildman–Crippen LogP) is -2.84. The molecule has 0 aliphatic rings. The fourth-order valence-electron chi connectivity index (χ4n) is 0. The minimum absolute atomic E-state index is 0. The van der Waals surface area contributed by atoms with Gasteiger partial charge in [-0.1, -0.05) is 0 Å². The van der Waals surface area contributed by atoms with E-state index in [4.69, 9.17) is 0 Å². The Labute approximate surface area is 68.0 Å². The molecule has 0 aliphatic heterocycles. The Kier molecular flexibility index (Phi) is 53200. The van der Waals surface area contributed by atoms with E-state index in [0.717, 1.165) is 0 Å². The first-order valence-corrected chi connectivity index (χ1v) is 0. The third-order valence-electron chi connectivity index (χ3n) is 0. The molecule has 0 heterocycles. The van der Waals surface area contributed by atoms with Crippen LogP contribution in [-0.2, 0) is 51.2 Å². The summed E-state index contributed by atoms with van der Waals surface area (Å²) in [4.78, 5) is 0. The van der Waals surface area contributed by atoms with Gasteiger partial charge in [-0.05, 0) is 0 Å². The van der Waals surface area contributed by atoms with E-state index in [1.165, 1.54) is 0 Å². The van der Waals surface area contributed by atoms with Crippen LogP contribution in [0.15, 0.2) is 0 Å². The van der Waals surface area contributed by atoms with Crippen LogP contribution in [0.25, 0.3) is 0 Å². The molecule has 0 aromatic carbocycles. The van der Waals surface area contributed by atoms with Crippen molar-refractivity contribution in [2.24, 2.45) is 0 Å². The average Bonchev–Trinajstić information content (AvgIpc) is 0. The van der Waals surface area contributed by atoms with Crippen LogP contribution in [0.3, 0.4) is 0 Å². The van der Waals surface area contributed by atoms with Gasteiger partial charge in [-0.25, -0.2) is 0 Å². The van der Waals surface area contributed by atoms with Crippen molar-refractivity contribution >= 4 is 0 Å². The van der Waals surface area contributed by atoms with E-state index in [1.54, 1.807) is 0 Å². The second-order valence-corrected chi connectivity index (χ2v) is 0. The zero-order valence-corrected chi connectivity index (χ0v) is 6.09. The largest absolute Gasteiger partial charge is 3.00 e. The molecular weight excluding hydrogens is 200 g/mol. The van der Waals surface area contributed by atoms with E-state index in [9.17, 15) is 0 Å². The zero-order valence-electron chi connectivity index (χ0n) is 3.54. The second-order valence-electron chi connectivity index (χ2n) is 0. The second kappa shape index (κ2) is 536. The Morgan fingerprint density at radius 3 is 0.375 bits per heavy atom. The molecule has 0 aliphatic carbocycles. The Morgan fingerprint density at radius 1 is 0.375 bits per heavy atom. The van der Waals surface area contributed by atoms with Gasteiger partial charge < -0.3 is 32.9 Å². The Hall–Kier alpha value is 0.825. The van der Waals surface area contributed by atoms with E-state index in [0.29, 0.717) is 0 Å². The predicted molar refractivity (Wildman–Crippen MR) is 12.9 cm³/mol. The van der Waals surface area contributed by atoms with Crippen LogP contribution in [0, 0.1) is 0 Å². The molecule has 6 nitrogen and oxygen atoms in total. The minimum Gasteiger partial charge on any atom is -2.00 e. The van der Waals surface area contributed by atoms with Gasteiger partial charge in [-0.15, -0.1) is 0 Å². The van der Waals surface area contributed by atoms with E-state index in [-0.39, 0.29) is 67.6 Å².